The number of ketones is 1. The van der Waals surface area contributed by atoms with Crippen LogP contribution in [0.2, 0.25) is 0 Å². The largest absolute Gasteiger partial charge is 0.293 e. The third-order valence-electron chi connectivity index (χ3n) is 5.25. The normalized spacial score (nSPS) is 19.7. The van der Waals surface area contributed by atoms with Crippen molar-refractivity contribution in [2.75, 3.05) is 0 Å². The summed E-state index contributed by atoms with van der Waals surface area (Å²) in [7, 11) is 0. The van der Waals surface area contributed by atoms with Crippen molar-refractivity contribution >= 4 is 11.4 Å². The van der Waals surface area contributed by atoms with Gasteiger partial charge >= 0.3 is 0 Å². The van der Waals surface area contributed by atoms with Crippen molar-refractivity contribution < 1.29 is 4.79 Å². The van der Waals surface area contributed by atoms with Gasteiger partial charge in [-0.15, -0.1) is 0 Å². The first kappa shape index (κ1) is 14.8. The van der Waals surface area contributed by atoms with Crippen molar-refractivity contribution in [3.8, 4) is 0 Å². The second-order valence-electron chi connectivity index (χ2n) is 6.72. The summed E-state index contributed by atoms with van der Waals surface area (Å²) >= 11 is 0. The monoisotopic (exact) mass is 290 g/mol. The molecule has 1 unspecified atom stereocenters. The Balaban J connectivity index is 2.20. The lowest BCUT2D eigenvalue weighted by molar-refractivity contribution is 0.0904. The summed E-state index contributed by atoms with van der Waals surface area (Å²) in [6, 6.07) is 18.0. The van der Waals surface area contributed by atoms with Gasteiger partial charge in [0.15, 0.2) is 5.78 Å². The van der Waals surface area contributed by atoms with E-state index in [-0.39, 0.29) is 17.1 Å². The van der Waals surface area contributed by atoms with E-state index in [0.717, 1.165) is 11.1 Å². The number of carbonyl (C=O) groups excluding carboxylic acids is 1. The minimum absolute atomic E-state index is 0.130. The molecule has 2 aromatic carbocycles. The summed E-state index contributed by atoms with van der Waals surface area (Å²) in [6.07, 6.45) is 0. The molecule has 1 aliphatic carbocycles. The van der Waals surface area contributed by atoms with E-state index in [2.05, 4.69) is 45.9 Å². The second kappa shape index (κ2) is 5.24. The molecule has 1 atom stereocenters. The van der Waals surface area contributed by atoms with E-state index >= 15 is 0 Å². The highest BCUT2D eigenvalue weighted by atomic mass is 16.1. The molecule has 1 nitrogen and oxygen atoms in total. The topological polar surface area (TPSA) is 17.1 Å². The first-order valence-electron chi connectivity index (χ1n) is 7.81. The quantitative estimate of drug-likeness (QED) is 0.669. The average Bonchev–Trinajstić information content (AvgIpc) is 2.53. The van der Waals surface area contributed by atoms with Crippen LogP contribution >= 0.6 is 0 Å². The number of benzene rings is 2. The summed E-state index contributed by atoms with van der Waals surface area (Å²) in [4.78, 5) is 13.2. The van der Waals surface area contributed by atoms with Crippen LogP contribution in [0.5, 0.6) is 0 Å². The van der Waals surface area contributed by atoms with Gasteiger partial charge in [0.05, 0.1) is 5.92 Å². The number of hydrogen-bond acceptors (Lipinski definition) is 1. The van der Waals surface area contributed by atoms with Gasteiger partial charge in [-0.3, -0.25) is 4.79 Å². The number of allylic oxidation sites excluding steroid dienone is 2. The maximum atomic E-state index is 13.2. The van der Waals surface area contributed by atoms with Crippen LogP contribution < -0.4 is 0 Å². The third-order valence-corrected chi connectivity index (χ3v) is 5.25. The molecule has 1 aliphatic rings. The Morgan fingerprint density at radius 2 is 1.50 bits per heavy atom. The highest BCUT2D eigenvalue weighted by Crippen LogP contribution is 2.51. The van der Waals surface area contributed by atoms with Crippen molar-refractivity contribution in [2.24, 2.45) is 5.41 Å². The molecule has 0 aliphatic heterocycles. The molecule has 0 heterocycles. The zero-order valence-electron chi connectivity index (χ0n) is 13.7. The molecule has 0 amide bonds. The van der Waals surface area contributed by atoms with E-state index < -0.39 is 0 Å². The lowest BCUT2D eigenvalue weighted by atomic mass is 9.61. The van der Waals surface area contributed by atoms with E-state index in [1.807, 2.05) is 36.4 Å². The molecular weight excluding hydrogens is 268 g/mol. The van der Waals surface area contributed by atoms with Crippen molar-refractivity contribution in [3.63, 3.8) is 0 Å². The number of carbonyl (C=O) groups is 1. The van der Waals surface area contributed by atoms with E-state index in [4.69, 9.17) is 0 Å². The maximum absolute atomic E-state index is 13.2. The summed E-state index contributed by atoms with van der Waals surface area (Å²) < 4.78 is 0. The van der Waals surface area contributed by atoms with Crippen molar-refractivity contribution in [3.05, 3.63) is 76.9 Å². The summed E-state index contributed by atoms with van der Waals surface area (Å²) in [6.45, 7) is 8.70. The fourth-order valence-corrected chi connectivity index (χ4v) is 3.62. The zero-order chi connectivity index (χ0) is 15.9. The van der Waals surface area contributed by atoms with Crippen LogP contribution in [0, 0.1) is 5.41 Å². The SMILES string of the molecule is CC1=C(C)C(C)(C)C(C(=O)c2ccccc2)c2ccccc21. The van der Waals surface area contributed by atoms with Crippen LogP contribution in [0.4, 0.5) is 0 Å². The van der Waals surface area contributed by atoms with Crippen LogP contribution in [-0.4, -0.2) is 5.78 Å². The van der Waals surface area contributed by atoms with Crippen LogP contribution in [0.1, 0.15) is 55.1 Å². The molecule has 0 radical (unpaired) electrons. The minimum Gasteiger partial charge on any atom is -0.293 e. The van der Waals surface area contributed by atoms with Crippen molar-refractivity contribution in [2.45, 2.75) is 33.6 Å². The molecule has 0 aromatic heterocycles. The highest BCUT2D eigenvalue weighted by Gasteiger charge is 2.42. The molecule has 0 fully saturated rings. The second-order valence-corrected chi connectivity index (χ2v) is 6.72. The predicted molar refractivity (Wildman–Crippen MR) is 92.0 cm³/mol. The predicted octanol–water partition coefficient (Wildman–Crippen LogP) is 5.49. The lowest BCUT2D eigenvalue weighted by Gasteiger charge is -2.41. The van der Waals surface area contributed by atoms with Gasteiger partial charge in [0.25, 0.3) is 0 Å². The van der Waals surface area contributed by atoms with Crippen LogP contribution in [0.3, 0.4) is 0 Å². The van der Waals surface area contributed by atoms with Gasteiger partial charge in [-0.05, 0) is 30.5 Å². The van der Waals surface area contributed by atoms with E-state index in [9.17, 15) is 4.79 Å². The van der Waals surface area contributed by atoms with Crippen LogP contribution in [0.15, 0.2) is 60.2 Å². The molecule has 0 spiro atoms. The summed E-state index contributed by atoms with van der Waals surface area (Å²) in [5.41, 5.74) is 5.60. The Morgan fingerprint density at radius 1 is 0.909 bits per heavy atom. The smallest absolute Gasteiger partial charge is 0.171 e. The summed E-state index contributed by atoms with van der Waals surface area (Å²) in [5, 5.41) is 0. The van der Waals surface area contributed by atoms with Crippen LogP contribution in [-0.2, 0) is 0 Å². The fraction of sp³-hybridized carbons (Fsp3) is 0.286. The summed E-state index contributed by atoms with van der Waals surface area (Å²) in [5.74, 6) is 0.0831. The molecule has 0 bridgehead atoms. The first-order valence-corrected chi connectivity index (χ1v) is 7.81. The number of Topliss-reactive ketones (excluding diaryl/α,β-unsaturated/α-hetero) is 1. The van der Waals surface area contributed by atoms with Gasteiger partial charge in [-0.25, -0.2) is 0 Å². The van der Waals surface area contributed by atoms with Gasteiger partial charge in [0.2, 0.25) is 0 Å². The molecule has 3 rings (SSSR count). The molecule has 0 N–H and O–H groups in total. The highest BCUT2D eigenvalue weighted by molar-refractivity contribution is 6.03. The molecular formula is C21H22O. The molecule has 112 valence electrons. The number of rotatable bonds is 2. The Labute approximate surface area is 132 Å². The van der Waals surface area contributed by atoms with Crippen LogP contribution in [0.25, 0.3) is 5.57 Å². The van der Waals surface area contributed by atoms with Crippen molar-refractivity contribution in [1.29, 1.82) is 0 Å². The maximum Gasteiger partial charge on any atom is 0.171 e. The minimum atomic E-state index is -0.175. The molecule has 2 aromatic rings. The first-order chi connectivity index (χ1) is 10.4. The standard InChI is InChI=1S/C21H22O/c1-14-15(2)21(3,4)19(18-13-9-8-12-17(14)18)20(22)16-10-6-5-7-11-16/h5-13,19H,1-4H3. The van der Waals surface area contributed by atoms with Gasteiger partial charge in [-0.2, -0.15) is 0 Å². The Bertz CT molecular complexity index is 750. The van der Waals surface area contributed by atoms with Gasteiger partial charge < -0.3 is 0 Å². The van der Waals surface area contributed by atoms with Gasteiger partial charge in [0, 0.05) is 11.0 Å². The average molecular weight is 290 g/mol. The van der Waals surface area contributed by atoms with E-state index in [0.29, 0.717) is 0 Å². The zero-order valence-corrected chi connectivity index (χ0v) is 13.7. The molecule has 1 heteroatoms. The van der Waals surface area contributed by atoms with E-state index in [1.54, 1.807) is 0 Å². The lowest BCUT2D eigenvalue weighted by Crippen LogP contribution is -2.34. The molecule has 0 saturated carbocycles. The molecule has 22 heavy (non-hydrogen) atoms. The van der Waals surface area contributed by atoms with E-state index in [1.165, 1.54) is 16.7 Å². The van der Waals surface area contributed by atoms with Gasteiger partial charge in [0.1, 0.15) is 0 Å². The Kier molecular flexibility index (Phi) is 3.52. The Morgan fingerprint density at radius 3 is 2.18 bits per heavy atom. The number of hydrogen-bond donors (Lipinski definition) is 0. The third kappa shape index (κ3) is 2.12. The van der Waals surface area contributed by atoms with Crippen molar-refractivity contribution in [1.82, 2.24) is 0 Å². The van der Waals surface area contributed by atoms with Gasteiger partial charge in [-0.1, -0.05) is 74.0 Å². The molecule has 0 saturated heterocycles. The fourth-order valence-electron chi connectivity index (χ4n) is 3.62. The Hall–Kier alpha value is -2.15. The number of fused-ring (bicyclic) bond motifs is 1.